The van der Waals surface area contributed by atoms with Crippen LogP contribution in [0.2, 0.25) is 50.4 Å². The molecule has 0 unspecified atom stereocenters. The zero-order valence-corrected chi connectivity index (χ0v) is 30.8. The molecule has 0 bridgehead atoms. The maximum absolute atomic E-state index is 7.14. The summed E-state index contributed by atoms with van der Waals surface area (Å²) in [5.74, 6) is 0. The molecule has 0 aromatic rings. The van der Waals surface area contributed by atoms with E-state index in [1.54, 1.807) is 0 Å². The van der Waals surface area contributed by atoms with Crippen LogP contribution < -0.4 is 0 Å². The van der Waals surface area contributed by atoms with E-state index >= 15 is 0 Å². The average molecular weight is 781 g/mol. The number of hydrogen-bond donors (Lipinski definition) is 0. The van der Waals surface area contributed by atoms with Gasteiger partial charge in [0.1, 0.15) is 0 Å². The summed E-state index contributed by atoms with van der Waals surface area (Å²) in [6, 6.07) is 4.09. The highest BCUT2D eigenvalue weighted by Gasteiger charge is 2.56. The van der Waals surface area contributed by atoms with Crippen molar-refractivity contribution >= 4 is 98.0 Å². The van der Waals surface area contributed by atoms with Crippen molar-refractivity contribution in [3.05, 3.63) is 0 Å². The number of halogens is 4. The second kappa shape index (κ2) is 16.5. The molecule has 32 heavy (non-hydrogen) atoms. The van der Waals surface area contributed by atoms with Crippen molar-refractivity contribution in [2.24, 2.45) is 0 Å². The van der Waals surface area contributed by atoms with Crippen LogP contribution in [-0.4, -0.2) is 55.6 Å². The van der Waals surface area contributed by atoms with Gasteiger partial charge in [-0.15, -0.1) is 0 Å². The van der Waals surface area contributed by atoms with Crippen LogP contribution in [0.15, 0.2) is 0 Å². The molecule has 1 aliphatic heterocycles. The molecule has 12 heteroatoms. The summed E-state index contributed by atoms with van der Waals surface area (Å²) >= 11 is 14.4. The van der Waals surface area contributed by atoms with Crippen molar-refractivity contribution in [3.63, 3.8) is 0 Å². The summed E-state index contributed by atoms with van der Waals surface area (Å²) in [6.45, 7) is 9.14. The van der Waals surface area contributed by atoms with Crippen LogP contribution in [0.3, 0.4) is 0 Å². The Kier molecular flexibility index (Phi) is 16.8. The van der Waals surface area contributed by atoms with Crippen molar-refractivity contribution in [1.29, 1.82) is 0 Å². The molecule has 1 aliphatic rings. The van der Waals surface area contributed by atoms with Crippen LogP contribution in [0.5, 0.6) is 0 Å². The molecule has 0 aromatic carbocycles. The second-order valence-electron chi connectivity index (χ2n) is 9.53. The Morgan fingerprint density at radius 1 is 0.375 bits per heavy atom. The highest BCUT2D eigenvalue weighted by Crippen LogP contribution is 2.39. The zero-order chi connectivity index (χ0) is 24.1. The van der Waals surface area contributed by atoms with Crippen molar-refractivity contribution in [2.75, 3.05) is 21.3 Å². The summed E-state index contributed by atoms with van der Waals surface area (Å²) < 4.78 is 28.5. The Labute approximate surface area is 235 Å². The quantitative estimate of drug-likeness (QED) is 0.0891. The topological polar surface area (TPSA) is 36.9 Å². The monoisotopic (exact) mass is 776 g/mol. The Balaban J connectivity index is 3.21. The first-order valence-electron chi connectivity index (χ1n) is 12.1. The van der Waals surface area contributed by atoms with Gasteiger partial charge in [-0.2, -0.15) is 0 Å². The highest BCUT2D eigenvalue weighted by atomic mass is 79.9. The van der Waals surface area contributed by atoms with E-state index in [0.717, 1.165) is 96.9 Å². The van der Waals surface area contributed by atoms with E-state index in [-0.39, 0.29) is 0 Å². The van der Waals surface area contributed by atoms with Gasteiger partial charge in [0.15, 0.2) is 0 Å². The predicted octanol–water partition coefficient (Wildman–Crippen LogP) is 9.05. The first-order chi connectivity index (χ1) is 15.1. The van der Waals surface area contributed by atoms with Gasteiger partial charge in [-0.05, 0) is 76.0 Å². The van der Waals surface area contributed by atoms with Gasteiger partial charge in [-0.25, -0.2) is 0 Å². The van der Waals surface area contributed by atoms with E-state index < -0.39 is 34.2 Å². The fraction of sp³-hybridized carbons (Fsp3) is 1.00. The maximum Gasteiger partial charge on any atom is 0.317 e. The highest BCUT2D eigenvalue weighted by molar-refractivity contribution is 9.09. The molecular formula is C20H44Br4O4Si4. The molecule has 0 saturated carbocycles. The number of rotatable bonds is 16. The molecule has 1 fully saturated rings. The second-order valence-corrected chi connectivity index (χ2v) is 27.0. The minimum Gasteiger partial charge on any atom is -0.416 e. The fourth-order valence-electron chi connectivity index (χ4n) is 4.48. The van der Waals surface area contributed by atoms with Crippen LogP contribution in [0.25, 0.3) is 0 Å². The van der Waals surface area contributed by atoms with Gasteiger partial charge in [0.05, 0.1) is 0 Å². The SMILES string of the molecule is C[Si]1(CCCCBr)O[Si](C)(CCCCBr)O[Si](C)(CCCCBr)O[Si](C)(CCCCBr)O1. The fourth-order valence-corrected chi connectivity index (χ4v) is 29.7. The Hall–Kier alpha value is 2.63. The summed E-state index contributed by atoms with van der Waals surface area (Å²) in [7, 11) is -9.62. The summed E-state index contributed by atoms with van der Waals surface area (Å²) in [4.78, 5) is 0. The average Bonchev–Trinajstić information content (AvgIpc) is 2.67. The molecule has 0 spiro atoms. The number of unbranched alkanes of at least 4 members (excludes halogenated alkanes) is 4. The summed E-state index contributed by atoms with van der Waals surface area (Å²) in [5.41, 5.74) is 0. The lowest BCUT2D eigenvalue weighted by Gasteiger charge is -2.50. The number of alkyl halides is 4. The van der Waals surface area contributed by atoms with Gasteiger partial charge in [0.2, 0.25) is 0 Å². The third kappa shape index (κ3) is 12.7. The smallest absolute Gasteiger partial charge is 0.317 e. The maximum atomic E-state index is 7.14. The van der Waals surface area contributed by atoms with E-state index in [9.17, 15) is 0 Å². The van der Waals surface area contributed by atoms with Crippen LogP contribution in [0, 0.1) is 0 Å². The van der Waals surface area contributed by atoms with E-state index in [1.165, 1.54) is 0 Å². The molecule has 0 aromatic heterocycles. The standard InChI is InChI=1S/C20H44Br4O4Si4/c1-29(17-9-5-13-21)25-30(2,18-10-6-14-22)27-32(4,20-12-8-16-24)28-31(3,26-29)19-11-7-15-23/h5-20H2,1-4H3. The van der Waals surface area contributed by atoms with E-state index in [0.29, 0.717) is 0 Å². The lowest BCUT2D eigenvalue weighted by atomic mass is 10.4. The van der Waals surface area contributed by atoms with Crippen molar-refractivity contribution in [2.45, 2.75) is 102 Å². The molecule has 0 atom stereocenters. The molecule has 4 nitrogen and oxygen atoms in total. The normalized spacial score (nSPS) is 33.8. The van der Waals surface area contributed by atoms with Crippen LogP contribution in [0.1, 0.15) is 51.4 Å². The molecule has 1 rings (SSSR count). The summed E-state index contributed by atoms with van der Waals surface area (Å²) in [6.07, 6.45) is 9.13. The van der Waals surface area contributed by atoms with Crippen LogP contribution in [-0.2, 0) is 16.5 Å². The van der Waals surface area contributed by atoms with Gasteiger partial charge < -0.3 is 16.5 Å². The number of hydrogen-bond acceptors (Lipinski definition) is 4. The van der Waals surface area contributed by atoms with Crippen molar-refractivity contribution in [1.82, 2.24) is 0 Å². The third-order valence-electron chi connectivity index (χ3n) is 5.79. The van der Waals surface area contributed by atoms with E-state index in [4.69, 9.17) is 16.5 Å². The largest absolute Gasteiger partial charge is 0.416 e. The van der Waals surface area contributed by atoms with Gasteiger partial charge >= 0.3 is 34.2 Å². The molecule has 1 heterocycles. The van der Waals surface area contributed by atoms with E-state index in [2.05, 4.69) is 89.9 Å². The van der Waals surface area contributed by atoms with Crippen LogP contribution in [0.4, 0.5) is 0 Å². The Morgan fingerprint density at radius 2 is 0.562 bits per heavy atom. The lowest BCUT2D eigenvalue weighted by molar-refractivity contribution is 0.220. The van der Waals surface area contributed by atoms with Gasteiger partial charge in [-0.1, -0.05) is 89.4 Å². The minimum absolute atomic E-state index is 1.02. The first-order valence-corrected chi connectivity index (χ1v) is 26.7. The first kappa shape index (κ1) is 32.7. The van der Waals surface area contributed by atoms with Gasteiger partial charge in [0.25, 0.3) is 0 Å². The van der Waals surface area contributed by atoms with E-state index in [1.807, 2.05) is 0 Å². The van der Waals surface area contributed by atoms with Gasteiger partial charge in [0, 0.05) is 21.3 Å². The van der Waals surface area contributed by atoms with Crippen molar-refractivity contribution in [3.8, 4) is 0 Å². The zero-order valence-electron chi connectivity index (χ0n) is 20.5. The Morgan fingerprint density at radius 3 is 0.719 bits per heavy atom. The molecular weight excluding hydrogens is 736 g/mol. The van der Waals surface area contributed by atoms with Gasteiger partial charge in [-0.3, -0.25) is 0 Å². The molecule has 0 aliphatic carbocycles. The Bertz CT molecular complexity index is 426. The van der Waals surface area contributed by atoms with Crippen molar-refractivity contribution < 1.29 is 16.5 Å². The summed E-state index contributed by atoms with van der Waals surface area (Å²) in [5, 5.41) is 4.12. The lowest BCUT2D eigenvalue weighted by Crippen LogP contribution is -2.67. The molecule has 0 N–H and O–H groups in total. The molecule has 0 radical (unpaired) electrons. The van der Waals surface area contributed by atoms with Crippen LogP contribution >= 0.6 is 63.7 Å². The third-order valence-corrected chi connectivity index (χ3v) is 26.9. The minimum atomic E-state index is -2.40. The molecule has 0 amide bonds. The predicted molar refractivity (Wildman–Crippen MR) is 162 cm³/mol. The molecule has 192 valence electrons. The molecule has 1 saturated heterocycles.